The number of benzene rings is 1. The van der Waals surface area contributed by atoms with Crippen LogP contribution in [0.3, 0.4) is 0 Å². The first-order chi connectivity index (χ1) is 8.06. The Balaban J connectivity index is 2.85. The summed E-state index contributed by atoms with van der Waals surface area (Å²) in [6.45, 7) is 6.82. The van der Waals surface area contributed by atoms with Gasteiger partial charge in [0, 0.05) is 0 Å². The molecule has 6 heteroatoms. The summed E-state index contributed by atoms with van der Waals surface area (Å²) < 4.78 is 19.1. The van der Waals surface area contributed by atoms with E-state index in [-0.39, 0.29) is 18.2 Å². The number of hydrogen-bond acceptors (Lipinski definition) is 3. The van der Waals surface area contributed by atoms with Crippen LogP contribution in [0.1, 0.15) is 27.7 Å². The molecule has 0 saturated carbocycles. The fourth-order valence-electron chi connectivity index (χ4n) is 1.15. The fraction of sp³-hybridized carbons (Fsp3) is 0.500. The summed E-state index contributed by atoms with van der Waals surface area (Å²) in [5, 5.41) is 9.90. The Morgan fingerprint density at radius 1 is 1.33 bits per heavy atom. The minimum Gasteiger partial charge on any atom is -0.427 e. The van der Waals surface area contributed by atoms with E-state index in [1.807, 2.05) is 0 Å². The van der Waals surface area contributed by atoms with Gasteiger partial charge in [-0.1, -0.05) is 17.7 Å². The van der Waals surface area contributed by atoms with E-state index in [9.17, 15) is 9.50 Å². The van der Waals surface area contributed by atoms with E-state index in [0.717, 1.165) is 0 Å². The maximum absolute atomic E-state index is 13.5. The van der Waals surface area contributed by atoms with Gasteiger partial charge in [-0.2, -0.15) is 0 Å². The van der Waals surface area contributed by atoms with Crippen LogP contribution in [-0.4, -0.2) is 23.8 Å². The maximum atomic E-state index is 13.5. The van der Waals surface area contributed by atoms with Crippen LogP contribution in [0.5, 0.6) is 0 Å². The largest absolute Gasteiger partial charge is 0.427 e. The number of hydrogen-bond donors (Lipinski definition) is 2. The van der Waals surface area contributed by atoms with Crippen LogP contribution in [0.4, 0.5) is 10.1 Å². The van der Waals surface area contributed by atoms with E-state index in [4.69, 9.17) is 22.0 Å². The lowest BCUT2D eigenvalue weighted by atomic mass is 9.82. The molecule has 0 aromatic heterocycles. The van der Waals surface area contributed by atoms with Crippen molar-refractivity contribution in [1.82, 2.24) is 0 Å². The first-order valence-corrected chi connectivity index (χ1v) is 6.03. The van der Waals surface area contributed by atoms with Gasteiger partial charge in [0.25, 0.3) is 0 Å². The number of aliphatic hydroxyl groups is 1. The molecule has 1 aromatic carbocycles. The third-order valence-electron chi connectivity index (χ3n) is 3.25. The highest BCUT2D eigenvalue weighted by Crippen LogP contribution is 2.25. The van der Waals surface area contributed by atoms with Gasteiger partial charge in [0.2, 0.25) is 0 Å². The zero-order valence-electron chi connectivity index (χ0n) is 11.1. The van der Waals surface area contributed by atoms with Crippen LogP contribution in [0.2, 0.25) is 5.02 Å². The second kappa shape index (κ2) is 5.07. The Bertz CT molecular complexity index is 446. The van der Waals surface area contributed by atoms with Crippen LogP contribution < -0.4 is 11.2 Å². The third-order valence-corrected chi connectivity index (χ3v) is 3.66. The molecule has 3 nitrogen and oxygen atoms in total. The lowest BCUT2D eigenvalue weighted by Gasteiger charge is -2.37. The highest BCUT2D eigenvalue weighted by atomic mass is 35.5. The van der Waals surface area contributed by atoms with Gasteiger partial charge in [-0.05, 0) is 39.2 Å². The maximum Gasteiger partial charge on any atom is 0.311 e. The minimum absolute atomic E-state index is 0.00509. The predicted octanol–water partition coefficient (Wildman–Crippen LogP) is 1.60. The molecule has 0 aliphatic rings. The molecule has 0 unspecified atom stereocenters. The quantitative estimate of drug-likeness (QED) is 0.647. The van der Waals surface area contributed by atoms with E-state index >= 15 is 0 Å². The number of nitrogen functional groups attached to an aromatic ring is 1. The summed E-state index contributed by atoms with van der Waals surface area (Å²) in [4.78, 5) is 0. The molecular weight excluding hydrogens is 255 g/mol. The molecule has 0 radical (unpaired) electrons. The van der Waals surface area contributed by atoms with Gasteiger partial charge in [-0.25, -0.2) is 4.39 Å². The van der Waals surface area contributed by atoms with Crippen molar-refractivity contribution in [1.29, 1.82) is 0 Å². The number of halogens is 2. The standard InChI is InChI=1S/C12H18BClFNO2/c1-11(2,17)12(3,4)18-13-7-5-6-8(16)10(15)9(7)14/h5-6,13,17H,16H2,1-4H3. The molecule has 0 fully saturated rings. The molecule has 0 spiro atoms. The molecule has 0 heterocycles. The van der Waals surface area contributed by atoms with Crippen LogP contribution in [0, 0.1) is 5.82 Å². The first-order valence-electron chi connectivity index (χ1n) is 5.65. The van der Waals surface area contributed by atoms with Gasteiger partial charge in [0.05, 0.1) is 21.9 Å². The summed E-state index contributed by atoms with van der Waals surface area (Å²) in [5.74, 6) is -0.640. The van der Waals surface area contributed by atoms with Crippen molar-refractivity contribution in [3.8, 4) is 0 Å². The third kappa shape index (κ3) is 3.16. The Morgan fingerprint density at radius 3 is 2.39 bits per heavy atom. The molecule has 0 amide bonds. The Kier molecular flexibility index (Phi) is 4.31. The van der Waals surface area contributed by atoms with Crippen LogP contribution >= 0.6 is 11.6 Å². The molecule has 1 rings (SSSR count). The zero-order chi connectivity index (χ0) is 14.1. The summed E-state index contributed by atoms with van der Waals surface area (Å²) in [7, 11) is 0.104. The SMILES string of the molecule is CC(C)(O)C(C)(C)OBc1ccc(N)c(F)c1Cl. The zero-order valence-corrected chi connectivity index (χ0v) is 11.8. The summed E-state index contributed by atoms with van der Waals surface area (Å²) in [6, 6.07) is 3.05. The van der Waals surface area contributed by atoms with Crippen molar-refractivity contribution in [2.75, 3.05) is 5.73 Å². The van der Waals surface area contributed by atoms with Crippen molar-refractivity contribution >= 4 is 30.2 Å². The van der Waals surface area contributed by atoms with Gasteiger partial charge in [0.15, 0.2) is 5.82 Å². The Labute approximate surface area is 112 Å². The van der Waals surface area contributed by atoms with Crippen molar-refractivity contribution in [2.24, 2.45) is 0 Å². The van der Waals surface area contributed by atoms with Crippen LogP contribution in [-0.2, 0) is 4.65 Å². The summed E-state index contributed by atoms with van der Waals surface area (Å²) >= 11 is 5.84. The molecule has 0 atom stereocenters. The highest BCUT2D eigenvalue weighted by Gasteiger charge is 2.35. The molecule has 0 saturated heterocycles. The molecule has 3 N–H and O–H groups in total. The topological polar surface area (TPSA) is 55.5 Å². The van der Waals surface area contributed by atoms with Gasteiger partial charge in [0.1, 0.15) is 0 Å². The van der Waals surface area contributed by atoms with E-state index in [1.165, 1.54) is 6.07 Å². The monoisotopic (exact) mass is 273 g/mol. The van der Waals surface area contributed by atoms with E-state index in [1.54, 1.807) is 33.8 Å². The normalized spacial score (nSPS) is 12.6. The van der Waals surface area contributed by atoms with Crippen molar-refractivity contribution in [2.45, 2.75) is 38.9 Å². The van der Waals surface area contributed by atoms with Gasteiger partial charge in [-0.15, -0.1) is 0 Å². The molecule has 100 valence electrons. The molecule has 18 heavy (non-hydrogen) atoms. The number of nitrogens with two attached hydrogens (primary N) is 1. The molecule has 0 aliphatic heterocycles. The highest BCUT2D eigenvalue weighted by molar-refractivity contribution is 6.53. The molecule has 0 bridgehead atoms. The lowest BCUT2D eigenvalue weighted by Crippen LogP contribution is -2.49. The van der Waals surface area contributed by atoms with Crippen molar-refractivity contribution < 1.29 is 14.2 Å². The first kappa shape index (κ1) is 15.3. The average Bonchev–Trinajstić information content (AvgIpc) is 2.23. The summed E-state index contributed by atoms with van der Waals surface area (Å²) in [5.41, 5.74) is 4.10. The second-order valence-electron chi connectivity index (χ2n) is 5.30. The molecular formula is C12H18BClFNO2. The lowest BCUT2D eigenvalue weighted by molar-refractivity contribution is -0.0893. The smallest absolute Gasteiger partial charge is 0.311 e. The predicted molar refractivity (Wildman–Crippen MR) is 74.1 cm³/mol. The summed E-state index contributed by atoms with van der Waals surface area (Å²) in [6.07, 6.45) is 0. The van der Waals surface area contributed by atoms with Crippen LogP contribution in [0.25, 0.3) is 0 Å². The molecule has 1 aromatic rings. The number of anilines is 1. The van der Waals surface area contributed by atoms with Gasteiger partial charge < -0.3 is 15.5 Å². The average molecular weight is 274 g/mol. The fourth-order valence-corrected chi connectivity index (χ4v) is 1.38. The van der Waals surface area contributed by atoms with E-state index < -0.39 is 17.0 Å². The van der Waals surface area contributed by atoms with Crippen molar-refractivity contribution in [3.05, 3.63) is 23.0 Å². The van der Waals surface area contributed by atoms with E-state index in [2.05, 4.69) is 0 Å². The van der Waals surface area contributed by atoms with Gasteiger partial charge >= 0.3 is 7.48 Å². The van der Waals surface area contributed by atoms with Crippen LogP contribution in [0.15, 0.2) is 12.1 Å². The van der Waals surface area contributed by atoms with E-state index in [0.29, 0.717) is 5.46 Å². The number of rotatable bonds is 4. The van der Waals surface area contributed by atoms with Crippen molar-refractivity contribution in [3.63, 3.8) is 0 Å². The molecule has 0 aliphatic carbocycles. The van der Waals surface area contributed by atoms with Gasteiger partial charge in [-0.3, -0.25) is 0 Å². The Morgan fingerprint density at radius 2 is 1.89 bits per heavy atom. The minimum atomic E-state index is -1.02. The Hall–Kier alpha value is -0.775. The second-order valence-corrected chi connectivity index (χ2v) is 5.68.